The summed E-state index contributed by atoms with van der Waals surface area (Å²) in [5.41, 5.74) is 1.84. The number of carbonyl (C=O) groups excluding carboxylic acids is 1. The lowest BCUT2D eigenvalue weighted by Gasteiger charge is -1.94. The number of aryl methyl sites for hydroxylation is 1. The van der Waals surface area contributed by atoms with Crippen molar-refractivity contribution < 1.29 is 4.79 Å². The van der Waals surface area contributed by atoms with E-state index in [-0.39, 0.29) is 5.91 Å². The van der Waals surface area contributed by atoms with Gasteiger partial charge in [-0.25, -0.2) is 9.97 Å². The summed E-state index contributed by atoms with van der Waals surface area (Å²) in [5, 5.41) is 6.43. The zero-order chi connectivity index (χ0) is 15.8. The summed E-state index contributed by atoms with van der Waals surface area (Å²) in [5.74, 6) is -0.178. The summed E-state index contributed by atoms with van der Waals surface area (Å²) >= 11 is 4.72. The minimum absolute atomic E-state index is 0.178. The molecule has 0 saturated carbocycles. The number of thiophene rings is 1. The highest BCUT2D eigenvalue weighted by molar-refractivity contribution is 7.24. The van der Waals surface area contributed by atoms with Crippen molar-refractivity contribution in [1.29, 1.82) is 0 Å². The van der Waals surface area contributed by atoms with E-state index < -0.39 is 0 Å². The fourth-order valence-electron chi connectivity index (χ4n) is 2.23. The summed E-state index contributed by atoms with van der Waals surface area (Å²) in [6.07, 6.45) is 3.33. The molecule has 1 N–H and O–H groups in total. The van der Waals surface area contributed by atoms with Gasteiger partial charge in [-0.15, -0.1) is 22.7 Å². The number of nitrogens with one attached hydrogen (secondary N) is 1. The summed E-state index contributed by atoms with van der Waals surface area (Å²) in [6.45, 7) is 2.00. The van der Waals surface area contributed by atoms with Crippen LogP contribution in [0.3, 0.4) is 0 Å². The quantitative estimate of drug-likeness (QED) is 0.529. The molecule has 0 aliphatic rings. The third-order valence-corrected chi connectivity index (χ3v) is 5.96. The van der Waals surface area contributed by atoms with Crippen LogP contribution in [0, 0.1) is 6.92 Å². The van der Waals surface area contributed by atoms with Gasteiger partial charge in [0.15, 0.2) is 5.13 Å². The van der Waals surface area contributed by atoms with Crippen LogP contribution >= 0.6 is 34.0 Å². The standard InChI is InChI=1S/C16H11N3OS3/c1-9-17-14-12(22-9)6-5-11-15(14)23-16(18-11)19-13(20)7-4-10-3-2-8-21-10/h2-8H,1H3,(H,18,19,20)/b7-4+. The largest absolute Gasteiger partial charge is 0.298 e. The number of thiazole rings is 2. The SMILES string of the molecule is Cc1nc2c(ccc3nc(NC(=O)/C=C/c4cccs4)sc32)s1. The summed E-state index contributed by atoms with van der Waals surface area (Å²) < 4.78 is 2.17. The van der Waals surface area contributed by atoms with Crippen LogP contribution in [0.1, 0.15) is 9.88 Å². The number of rotatable bonds is 3. The number of amides is 1. The third kappa shape index (κ3) is 2.90. The fourth-order valence-corrected chi connectivity index (χ4v) is 4.71. The number of fused-ring (bicyclic) bond motifs is 3. The summed E-state index contributed by atoms with van der Waals surface area (Å²) in [4.78, 5) is 22.1. The van der Waals surface area contributed by atoms with Crippen molar-refractivity contribution in [3.05, 3.63) is 45.6 Å². The number of hydrogen-bond acceptors (Lipinski definition) is 6. The Morgan fingerprint density at radius 3 is 2.96 bits per heavy atom. The molecule has 0 spiro atoms. The van der Waals surface area contributed by atoms with E-state index in [0.717, 1.165) is 30.3 Å². The lowest BCUT2D eigenvalue weighted by molar-refractivity contribution is -0.111. The maximum absolute atomic E-state index is 12.0. The molecule has 0 saturated heterocycles. The second-order valence-corrected chi connectivity index (χ2v) is 8.06. The third-order valence-electron chi connectivity index (χ3n) is 3.19. The Bertz CT molecular complexity index is 1030. The topological polar surface area (TPSA) is 54.9 Å². The molecule has 0 fully saturated rings. The molecule has 0 atom stereocenters. The van der Waals surface area contributed by atoms with Crippen LogP contribution in [0.25, 0.3) is 26.5 Å². The van der Waals surface area contributed by atoms with Gasteiger partial charge in [0, 0.05) is 11.0 Å². The Morgan fingerprint density at radius 2 is 2.13 bits per heavy atom. The molecule has 3 heterocycles. The maximum atomic E-state index is 12.0. The highest BCUT2D eigenvalue weighted by atomic mass is 32.1. The van der Waals surface area contributed by atoms with Crippen molar-refractivity contribution in [3.63, 3.8) is 0 Å². The van der Waals surface area contributed by atoms with Crippen molar-refractivity contribution in [2.24, 2.45) is 0 Å². The number of carbonyl (C=O) groups is 1. The molecule has 4 nitrogen and oxygen atoms in total. The molecule has 4 aromatic rings. The van der Waals surface area contributed by atoms with E-state index in [9.17, 15) is 4.79 Å². The lowest BCUT2D eigenvalue weighted by Crippen LogP contribution is -2.06. The molecular weight excluding hydrogens is 346 g/mol. The van der Waals surface area contributed by atoms with Crippen molar-refractivity contribution in [1.82, 2.24) is 9.97 Å². The molecule has 114 valence electrons. The van der Waals surface area contributed by atoms with Crippen molar-refractivity contribution in [3.8, 4) is 0 Å². The zero-order valence-corrected chi connectivity index (χ0v) is 14.5. The van der Waals surface area contributed by atoms with Gasteiger partial charge in [-0.3, -0.25) is 10.1 Å². The van der Waals surface area contributed by atoms with Crippen LogP contribution in [-0.4, -0.2) is 15.9 Å². The fraction of sp³-hybridized carbons (Fsp3) is 0.0625. The first kappa shape index (κ1) is 14.5. The number of anilines is 1. The van der Waals surface area contributed by atoms with Crippen molar-refractivity contribution in [2.45, 2.75) is 6.92 Å². The Balaban J connectivity index is 1.61. The predicted octanol–water partition coefficient (Wildman–Crippen LogP) is 4.93. The minimum atomic E-state index is -0.178. The molecule has 1 aromatic carbocycles. The maximum Gasteiger partial charge on any atom is 0.250 e. The van der Waals surface area contributed by atoms with E-state index in [1.165, 1.54) is 17.4 Å². The molecule has 0 aliphatic carbocycles. The molecule has 0 radical (unpaired) electrons. The molecule has 3 aromatic heterocycles. The van der Waals surface area contributed by atoms with Gasteiger partial charge in [0.05, 0.1) is 19.9 Å². The first-order valence-corrected chi connectivity index (χ1v) is 9.39. The van der Waals surface area contributed by atoms with Gasteiger partial charge < -0.3 is 0 Å². The average molecular weight is 357 g/mol. The van der Waals surface area contributed by atoms with E-state index >= 15 is 0 Å². The average Bonchev–Trinajstić information content (AvgIpc) is 3.22. The monoisotopic (exact) mass is 357 g/mol. The smallest absolute Gasteiger partial charge is 0.250 e. The van der Waals surface area contributed by atoms with Crippen molar-refractivity contribution >= 4 is 71.6 Å². The molecule has 0 aliphatic heterocycles. The Kier molecular flexibility index (Phi) is 3.68. The minimum Gasteiger partial charge on any atom is -0.298 e. The van der Waals surface area contributed by atoms with Crippen LogP contribution in [-0.2, 0) is 4.79 Å². The molecule has 7 heteroatoms. The molecule has 4 rings (SSSR count). The van der Waals surface area contributed by atoms with E-state index in [2.05, 4.69) is 15.3 Å². The van der Waals surface area contributed by atoms with Crippen LogP contribution in [0.4, 0.5) is 5.13 Å². The molecule has 0 unspecified atom stereocenters. The van der Waals surface area contributed by atoms with E-state index in [4.69, 9.17) is 0 Å². The van der Waals surface area contributed by atoms with E-state index in [1.807, 2.05) is 36.6 Å². The summed E-state index contributed by atoms with van der Waals surface area (Å²) in [7, 11) is 0. The van der Waals surface area contributed by atoms with Gasteiger partial charge in [-0.1, -0.05) is 17.4 Å². The van der Waals surface area contributed by atoms with Gasteiger partial charge in [0.2, 0.25) is 5.91 Å². The first-order valence-electron chi connectivity index (χ1n) is 6.88. The Morgan fingerprint density at radius 1 is 1.22 bits per heavy atom. The number of benzene rings is 1. The van der Waals surface area contributed by atoms with Gasteiger partial charge in [-0.05, 0) is 36.6 Å². The molecule has 1 amide bonds. The van der Waals surface area contributed by atoms with Gasteiger partial charge in [0.25, 0.3) is 0 Å². The Labute approximate surface area is 144 Å². The van der Waals surface area contributed by atoms with Gasteiger partial charge in [0.1, 0.15) is 5.52 Å². The first-order chi connectivity index (χ1) is 11.2. The van der Waals surface area contributed by atoms with Crippen LogP contribution in [0.2, 0.25) is 0 Å². The highest BCUT2D eigenvalue weighted by Crippen LogP contribution is 2.34. The van der Waals surface area contributed by atoms with Crippen LogP contribution in [0.5, 0.6) is 0 Å². The van der Waals surface area contributed by atoms with Gasteiger partial charge in [-0.2, -0.15) is 0 Å². The van der Waals surface area contributed by atoms with Gasteiger partial charge >= 0.3 is 0 Å². The normalized spacial score (nSPS) is 11.7. The van der Waals surface area contributed by atoms with Crippen LogP contribution < -0.4 is 5.32 Å². The summed E-state index contributed by atoms with van der Waals surface area (Å²) in [6, 6.07) is 7.93. The zero-order valence-electron chi connectivity index (χ0n) is 12.1. The van der Waals surface area contributed by atoms with E-state index in [0.29, 0.717) is 5.13 Å². The molecular formula is C16H11N3OS3. The highest BCUT2D eigenvalue weighted by Gasteiger charge is 2.11. The number of hydrogen-bond donors (Lipinski definition) is 1. The number of aromatic nitrogens is 2. The van der Waals surface area contributed by atoms with Crippen LogP contribution in [0.15, 0.2) is 35.7 Å². The second kappa shape index (κ2) is 5.84. The molecule has 23 heavy (non-hydrogen) atoms. The molecule has 0 bridgehead atoms. The lowest BCUT2D eigenvalue weighted by atomic mass is 10.3. The van der Waals surface area contributed by atoms with E-state index in [1.54, 1.807) is 28.7 Å². The number of nitrogens with zero attached hydrogens (tertiary/aromatic N) is 2. The Hall–Kier alpha value is -2.09. The van der Waals surface area contributed by atoms with Crippen molar-refractivity contribution in [2.75, 3.05) is 5.32 Å². The second-order valence-electron chi connectivity index (χ2n) is 4.85. The predicted molar refractivity (Wildman–Crippen MR) is 99.5 cm³/mol.